The molecular weight excluding hydrogens is 174 g/mol. The number of aliphatic hydroxyl groups excluding tert-OH is 1. The summed E-state index contributed by atoms with van der Waals surface area (Å²) >= 11 is 0. The van der Waals surface area contributed by atoms with Gasteiger partial charge in [-0.05, 0) is 38.6 Å². The van der Waals surface area contributed by atoms with E-state index in [1.54, 1.807) is 0 Å². The van der Waals surface area contributed by atoms with E-state index in [9.17, 15) is 5.11 Å². The van der Waals surface area contributed by atoms with E-state index in [-0.39, 0.29) is 6.10 Å². The van der Waals surface area contributed by atoms with Crippen LogP contribution in [0.15, 0.2) is 0 Å². The lowest BCUT2D eigenvalue weighted by atomic mass is 9.81. The second-order valence-corrected chi connectivity index (χ2v) is 5.22. The zero-order valence-electron chi connectivity index (χ0n) is 9.28. The fourth-order valence-electron chi connectivity index (χ4n) is 2.93. The Morgan fingerprint density at radius 3 is 2.36 bits per heavy atom. The lowest BCUT2D eigenvalue weighted by molar-refractivity contribution is 0.0190. The van der Waals surface area contributed by atoms with E-state index in [0.29, 0.717) is 0 Å². The van der Waals surface area contributed by atoms with Crippen LogP contribution >= 0.6 is 0 Å². The van der Waals surface area contributed by atoms with Gasteiger partial charge in [0.2, 0.25) is 0 Å². The Balaban J connectivity index is 1.69. The first-order valence-corrected chi connectivity index (χ1v) is 6.14. The van der Waals surface area contributed by atoms with Crippen molar-refractivity contribution in [1.29, 1.82) is 0 Å². The number of rotatable bonds is 3. The summed E-state index contributed by atoms with van der Waals surface area (Å²) in [7, 11) is 2.26. The number of nitrogens with zero attached hydrogens (tertiary/aromatic N) is 1. The molecule has 0 unspecified atom stereocenters. The fourth-order valence-corrected chi connectivity index (χ4v) is 2.93. The molecule has 2 fully saturated rings. The highest BCUT2D eigenvalue weighted by molar-refractivity contribution is 4.83. The molecule has 0 aliphatic heterocycles. The summed E-state index contributed by atoms with van der Waals surface area (Å²) in [5, 5.41) is 9.22. The van der Waals surface area contributed by atoms with Gasteiger partial charge in [0, 0.05) is 12.6 Å². The van der Waals surface area contributed by atoms with Crippen molar-refractivity contribution in [3.05, 3.63) is 0 Å². The van der Waals surface area contributed by atoms with Crippen molar-refractivity contribution in [3.63, 3.8) is 0 Å². The van der Waals surface area contributed by atoms with Gasteiger partial charge < -0.3 is 10.0 Å². The lowest BCUT2D eigenvalue weighted by Gasteiger charge is -2.38. The zero-order chi connectivity index (χ0) is 9.97. The Morgan fingerprint density at radius 1 is 1.14 bits per heavy atom. The summed E-state index contributed by atoms with van der Waals surface area (Å²) < 4.78 is 0. The number of hydrogen-bond donors (Lipinski definition) is 1. The molecule has 2 heteroatoms. The number of aliphatic hydroxyl groups is 1. The third-order valence-electron chi connectivity index (χ3n) is 3.96. The van der Waals surface area contributed by atoms with Crippen molar-refractivity contribution in [2.24, 2.45) is 5.92 Å². The average Bonchev–Trinajstić information content (AvgIpc) is 2.17. The molecular formula is C12H23NO. The molecule has 0 radical (unpaired) electrons. The molecule has 0 bridgehead atoms. The lowest BCUT2D eigenvalue weighted by Crippen LogP contribution is -2.42. The van der Waals surface area contributed by atoms with Crippen molar-refractivity contribution in [2.75, 3.05) is 13.6 Å². The quantitative estimate of drug-likeness (QED) is 0.748. The van der Waals surface area contributed by atoms with Crippen molar-refractivity contribution in [2.45, 2.75) is 57.1 Å². The minimum atomic E-state index is 0.0137. The summed E-state index contributed by atoms with van der Waals surface area (Å²) in [6, 6.07) is 0.835. The molecule has 82 valence electrons. The van der Waals surface area contributed by atoms with Crippen LogP contribution in [0, 0.1) is 5.92 Å². The largest absolute Gasteiger partial charge is 0.393 e. The van der Waals surface area contributed by atoms with Crippen LogP contribution in [0.2, 0.25) is 0 Å². The van der Waals surface area contributed by atoms with Gasteiger partial charge in [0.15, 0.2) is 0 Å². The molecule has 0 aromatic heterocycles. The summed E-state index contributed by atoms with van der Waals surface area (Å²) in [6.45, 7) is 1.21. The van der Waals surface area contributed by atoms with Gasteiger partial charge in [-0.15, -0.1) is 0 Å². The summed E-state index contributed by atoms with van der Waals surface area (Å²) in [5.41, 5.74) is 0. The van der Waals surface area contributed by atoms with Crippen LogP contribution in [0.5, 0.6) is 0 Å². The van der Waals surface area contributed by atoms with Crippen LogP contribution in [0.3, 0.4) is 0 Å². The van der Waals surface area contributed by atoms with E-state index < -0.39 is 0 Å². The van der Waals surface area contributed by atoms with Gasteiger partial charge in [-0.2, -0.15) is 0 Å². The topological polar surface area (TPSA) is 23.5 Å². The highest BCUT2D eigenvalue weighted by Gasteiger charge is 2.29. The molecule has 14 heavy (non-hydrogen) atoms. The Bertz CT molecular complexity index is 171. The van der Waals surface area contributed by atoms with Gasteiger partial charge in [0.1, 0.15) is 0 Å². The third kappa shape index (κ3) is 2.48. The summed E-state index contributed by atoms with van der Waals surface area (Å²) in [6.07, 6.45) is 9.16. The van der Waals surface area contributed by atoms with Crippen molar-refractivity contribution in [1.82, 2.24) is 4.90 Å². The first-order valence-electron chi connectivity index (χ1n) is 6.14. The minimum Gasteiger partial charge on any atom is -0.393 e. The fraction of sp³-hybridized carbons (Fsp3) is 1.00. The van der Waals surface area contributed by atoms with Crippen LogP contribution in [-0.2, 0) is 0 Å². The van der Waals surface area contributed by atoms with E-state index in [2.05, 4.69) is 11.9 Å². The molecule has 2 aliphatic rings. The predicted octanol–water partition coefficient (Wildman–Crippen LogP) is 2.02. The molecule has 0 spiro atoms. The van der Waals surface area contributed by atoms with Crippen molar-refractivity contribution >= 4 is 0 Å². The molecule has 1 N–H and O–H groups in total. The van der Waals surface area contributed by atoms with Crippen LogP contribution in [0.4, 0.5) is 0 Å². The Kier molecular flexibility index (Phi) is 3.45. The first kappa shape index (κ1) is 10.4. The van der Waals surface area contributed by atoms with Crippen LogP contribution in [-0.4, -0.2) is 35.7 Å². The third-order valence-corrected chi connectivity index (χ3v) is 3.96. The smallest absolute Gasteiger partial charge is 0.0546 e. The van der Waals surface area contributed by atoms with E-state index >= 15 is 0 Å². The van der Waals surface area contributed by atoms with Gasteiger partial charge in [-0.1, -0.05) is 19.3 Å². The maximum atomic E-state index is 9.22. The van der Waals surface area contributed by atoms with E-state index in [0.717, 1.165) is 24.8 Å². The van der Waals surface area contributed by atoms with Crippen LogP contribution in [0.1, 0.15) is 44.9 Å². The molecule has 2 saturated carbocycles. The maximum Gasteiger partial charge on any atom is 0.0546 e. The summed E-state index contributed by atoms with van der Waals surface area (Å²) in [4.78, 5) is 2.54. The van der Waals surface area contributed by atoms with E-state index in [4.69, 9.17) is 0 Å². The Labute approximate surface area is 87.3 Å². The maximum absolute atomic E-state index is 9.22. The van der Waals surface area contributed by atoms with Crippen molar-refractivity contribution in [3.8, 4) is 0 Å². The monoisotopic (exact) mass is 197 g/mol. The van der Waals surface area contributed by atoms with Crippen LogP contribution < -0.4 is 0 Å². The van der Waals surface area contributed by atoms with Gasteiger partial charge in [-0.25, -0.2) is 0 Å². The van der Waals surface area contributed by atoms with E-state index in [1.165, 1.54) is 38.6 Å². The minimum absolute atomic E-state index is 0.0137. The molecule has 0 aromatic carbocycles. The van der Waals surface area contributed by atoms with E-state index in [1.807, 2.05) is 0 Å². The van der Waals surface area contributed by atoms with Gasteiger partial charge in [0.05, 0.1) is 6.10 Å². The SMILES string of the molecule is CN(CC1CC(O)C1)C1CCCCC1. The Morgan fingerprint density at radius 2 is 1.79 bits per heavy atom. The molecule has 0 amide bonds. The van der Waals surface area contributed by atoms with Crippen molar-refractivity contribution < 1.29 is 5.11 Å². The Hall–Kier alpha value is -0.0800. The molecule has 0 heterocycles. The number of hydrogen-bond acceptors (Lipinski definition) is 2. The standard InChI is InChI=1S/C12H23NO/c1-13(9-10-7-12(14)8-10)11-5-3-2-4-6-11/h10-12,14H,2-9H2,1H3. The molecule has 0 atom stereocenters. The molecule has 0 saturated heterocycles. The highest BCUT2D eigenvalue weighted by Crippen LogP contribution is 2.30. The normalized spacial score (nSPS) is 34.5. The zero-order valence-corrected chi connectivity index (χ0v) is 9.28. The first-order chi connectivity index (χ1) is 6.75. The van der Waals surface area contributed by atoms with Gasteiger partial charge >= 0.3 is 0 Å². The second kappa shape index (κ2) is 4.63. The molecule has 2 nitrogen and oxygen atoms in total. The van der Waals surface area contributed by atoms with Gasteiger partial charge in [0.25, 0.3) is 0 Å². The highest BCUT2D eigenvalue weighted by atomic mass is 16.3. The molecule has 0 aromatic rings. The predicted molar refractivity (Wildman–Crippen MR) is 58.2 cm³/mol. The molecule has 2 rings (SSSR count). The average molecular weight is 197 g/mol. The van der Waals surface area contributed by atoms with Crippen LogP contribution in [0.25, 0.3) is 0 Å². The van der Waals surface area contributed by atoms with Gasteiger partial charge in [-0.3, -0.25) is 0 Å². The molecule has 2 aliphatic carbocycles. The summed E-state index contributed by atoms with van der Waals surface area (Å²) in [5.74, 6) is 0.775. The second-order valence-electron chi connectivity index (χ2n) is 5.22.